The van der Waals surface area contributed by atoms with Crippen molar-refractivity contribution in [2.24, 2.45) is 35.0 Å². The molecule has 0 heterocycles. The molecule has 3 rings (SSSR count). The van der Waals surface area contributed by atoms with E-state index in [0.717, 1.165) is 11.8 Å². The van der Waals surface area contributed by atoms with Gasteiger partial charge in [-0.15, -0.1) is 0 Å². The van der Waals surface area contributed by atoms with Gasteiger partial charge in [0.05, 0.1) is 0 Å². The van der Waals surface area contributed by atoms with Crippen molar-refractivity contribution < 1.29 is 4.79 Å². The number of hydrogen-bond acceptors (Lipinski definition) is 1. The summed E-state index contributed by atoms with van der Waals surface area (Å²) in [5, 5.41) is 0. The second-order valence-corrected chi connectivity index (χ2v) is 6.37. The minimum Gasteiger partial charge on any atom is -0.295 e. The minimum absolute atomic E-state index is 0.336. The van der Waals surface area contributed by atoms with Crippen molar-refractivity contribution >= 4 is 5.78 Å². The maximum absolute atomic E-state index is 11.9. The number of fused-ring (bicyclic) bond motifs is 5. The summed E-state index contributed by atoms with van der Waals surface area (Å²) in [5.41, 5.74) is 0.382. The predicted molar refractivity (Wildman–Crippen MR) is 60.3 cm³/mol. The topological polar surface area (TPSA) is 17.1 Å². The Hall–Kier alpha value is -0.590. The lowest BCUT2D eigenvalue weighted by Gasteiger charge is -2.43. The van der Waals surface area contributed by atoms with Gasteiger partial charge in [0.15, 0.2) is 5.78 Å². The highest BCUT2D eigenvalue weighted by Crippen LogP contribution is 2.64. The first-order valence-corrected chi connectivity index (χ1v) is 6.25. The molecule has 2 saturated carbocycles. The van der Waals surface area contributed by atoms with Gasteiger partial charge in [-0.2, -0.15) is 0 Å². The van der Waals surface area contributed by atoms with Gasteiger partial charge in [0.25, 0.3) is 0 Å². The molecule has 1 nitrogen and oxygen atoms in total. The second kappa shape index (κ2) is 2.75. The molecule has 0 N–H and O–H groups in total. The molecule has 0 saturated heterocycles. The van der Waals surface area contributed by atoms with Gasteiger partial charge in [0.2, 0.25) is 0 Å². The van der Waals surface area contributed by atoms with E-state index in [2.05, 4.69) is 26.8 Å². The number of carbonyl (C=O) groups excluding carboxylic acids is 1. The normalized spacial score (nSPS) is 50.9. The van der Waals surface area contributed by atoms with Crippen LogP contribution in [0.1, 0.15) is 33.6 Å². The van der Waals surface area contributed by atoms with Crippen LogP contribution in [-0.4, -0.2) is 5.78 Å². The highest BCUT2D eigenvalue weighted by molar-refractivity contribution is 5.95. The Morgan fingerprint density at radius 2 is 2.07 bits per heavy atom. The maximum Gasteiger partial charge on any atom is 0.159 e. The van der Waals surface area contributed by atoms with Crippen LogP contribution in [0.3, 0.4) is 0 Å². The van der Waals surface area contributed by atoms with Crippen molar-refractivity contribution in [3.63, 3.8) is 0 Å². The van der Waals surface area contributed by atoms with Crippen molar-refractivity contribution in [2.75, 3.05) is 0 Å². The smallest absolute Gasteiger partial charge is 0.159 e. The SMILES string of the molecule is C[C@@H]1CC[C@H]2[C@@H]3C=CC(=O)[C@@H]3[C@@H]1C2(C)C. The number of rotatable bonds is 0. The van der Waals surface area contributed by atoms with E-state index in [-0.39, 0.29) is 0 Å². The molecule has 0 aliphatic heterocycles. The molecule has 0 unspecified atom stereocenters. The Morgan fingerprint density at radius 3 is 2.80 bits per heavy atom. The third-order valence-corrected chi connectivity index (χ3v) is 5.44. The van der Waals surface area contributed by atoms with Gasteiger partial charge in [0.1, 0.15) is 0 Å². The van der Waals surface area contributed by atoms with Gasteiger partial charge in [-0.25, -0.2) is 0 Å². The fourth-order valence-corrected chi connectivity index (χ4v) is 4.91. The molecule has 0 aromatic rings. The Balaban J connectivity index is 2.08. The summed E-state index contributed by atoms with van der Waals surface area (Å²) in [7, 11) is 0. The summed E-state index contributed by atoms with van der Waals surface area (Å²) in [4.78, 5) is 11.9. The average Bonchev–Trinajstić information content (AvgIpc) is 2.54. The number of ketones is 1. The second-order valence-electron chi connectivity index (χ2n) is 6.37. The van der Waals surface area contributed by atoms with E-state index in [0.29, 0.717) is 29.0 Å². The third-order valence-electron chi connectivity index (χ3n) is 5.44. The van der Waals surface area contributed by atoms with Crippen molar-refractivity contribution in [1.82, 2.24) is 0 Å². The number of hydrogen-bond donors (Lipinski definition) is 0. The van der Waals surface area contributed by atoms with E-state index < -0.39 is 0 Å². The van der Waals surface area contributed by atoms with Crippen LogP contribution in [0.4, 0.5) is 0 Å². The molecule has 3 aliphatic carbocycles. The molecule has 5 atom stereocenters. The van der Waals surface area contributed by atoms with Crippen LogP contribution in [0.25, 0.3) is 0 Å². The van der Waals surface area contributed by atoms with Crippen molar-refractivity contribution in [3.05, 3.63) is 12.2 Å². The largest absolute Gasteiger partial charge is 0.295 e. The van der Waals surface area contributed by atoms with E-state index >= 15 is 0 Å². The summed E-state index contributed by atoms with van der Waals surface area (Å²) in [5.74, 6) is 3.43. The molecule has 82 valence electrons. The first-order chi connectivity index (χ1) is 7.03. The van der Waals surface area contributed by atoms with E-state index in [1.54, 1.807) is 0 Å². The first kappa shape index (κ1) is 9.62. The average molecular weight is 204 g/mol. The molecule has 2 fully saturated rings. The summed E-state index contributed by atoms with van der Waals surface area (Å²) in [6.07, 6.45) is 6.70. The van der Waals surface area contributed by atoms with Gasteiger partial charge in [-0.1, -0.05) is 33.3 Å². The van der Waals surface area contributed by atoms with Gasteiger partial charge < -0.3 is 0 Å². The molecular weight excluding hydrogens is 184 g/mol. The van der Waals surface area contributed by atoms with E-state index in [1.165, 1.54) is 12.8 Å². The molecule has 1 heteroatoms. The van der Waals surface area contributed by atoms with E-state index in [9.17, 15) is 4.79 Å². The summed E-state index contributed by atoms with van der Waals surface area (Å²) >= 11 is 0. The number of allylic oxidation sites excluding steroid dienone is 2. The van der Waals surface area contributed by atoms with Gasteiger partial charge >= 0.3 is 0 Å². The molecule has 0 spiro atoms. The molecular formula is C14H20O. The Bertz CT molecular complexity index is 339. The van der Waals surface area contributed by atoms with Crippen LogP contribution in [0.15, 0.2) is 12.2 Å². The Kier molecular flexibility index (Phi) is 1.76. The fraction of sp³-hybridized carbons (Fsp3) is 0.786. The van der Waals surface area contributed by atoms with Gasteiger partial charge in [-0.3, -0.25) is 4.79 Å². The lowest BCUT2D eigenvalue weighted by Crippen LogP contribution is -2.37. The first-order valence-electron chi connectivity index (χ1n) is 6.25. The van der Waals surface area contributed by atoms with Crippen LogP contribution in [0.5, 0.6) is 0 Å². The standard InChI is InChI=1S/C14H20O/c1-8-4-6-10-9-5-7-11(15)12(9)13(8)14(10,2)3/h5,7-10,12-13H,4,6H2,1-3H3/t8-,9+,10+,12-,13-/m1/s1. The van der Waals surface area contributed by atoms with E-state index in [4.69, 9.17) is 0 Å². The van der Waals surface area contributed by atoms with E-state index in [1.807, 2.05) is 6.08 Å². The molecule has 3 aliphatic rings. The Morgan fingerprint density at radius 1 is 1.33 bits per heavy atom. The molecule has 0 radical (unpaired) electrons. The summed E-state index contributed by atoms with van der Waals surface area (Å²) < 4.78 is 0. The van der Waals surface area contributed by atoms with Crippen LogP contribution in [-0.2, 0) is 4.79 Å². The van der Waals surface area contributed by atoms with Gasteiger partial charge in [-0.05, 0) is 41.6 Å². The zero-order chi connectivity index (χ0) is 10.8. The lowest BCUT2D eigenvalue weighted by molar-refractivity contribution is -0.120. The van der Waals surface area contributed by atoms with Crippen molar-refractivity contribution in [3.8, 4) is 0 Å². The monoisotopic (exact) mass is 204 g/mol. The van der Waals surface area contributed by atoms with Crippen LogP contribution >= 0.6 is 0 Å². The van der Waals surface area contributed by atoms with Crippen LogP contribution in [0.2, 0.25) is 0 Å². The highest BCUT2D eigenvalue weighted by atomic mass is 16.1. The lowest BCUT2D eigenvalue weighted by atomic mass is 9.62. The zero-order valence-corrected chi connectivity index (χ0v) is 9.86. The Labute approximate surface area is 91.9 Å². The van der Waals surface area contributed by atoms with Crippen LogP contribution in [0, 0.1) is 35.0 Å². The third kappa shape index (κ3) is 1.02. The zero-order valence-electron chi connectivity index (χ0n) is 9.86. The fourth-order valence-electron chi connectivity index (χ4n) is 4.91. The summed E-state index contributed by atoms with van der Waals surface area (Å²) in [6.45, 7) is 7.12. The highest BCUT2D eigenvalue weighted by Gasteiger charge is 2.60. The quantitative estimate of drug-likeness (QED) is 0.592. The molecule has 15 heavy (non-hydrogen) atoms. The summed E-state index contributed by atoms with van der Waals surface area (Å²) in [6, 6.07) is 0. The minimum atomic E-state index is 0.336. The predicted octanol–water partition coefficient (Wildman–Crippen LogP) is 3.06. The molecule has 0 aromatic heterocycles. The van der Waals surface area contributed by atoms with Gasteiger partial charge in [0, 0.05) is 5.92 Å². The van der Waals surface area contributed by atoms with Crippen molar-refractivity contribution in [1.29, 1.82) is 0 Å². The van der Waals surface area contributed by atoms with Crippen molar-refractivity contribution in [2.45, 2.75) is 33.6 Å². The maximum atomic E-state index is 11.9. The molecule has 0 aromatic carbocycles. The molecule has 0 amide bonds. The van der Waals surface area contributed by atoms with Crippen LogP contribution < -0.4 is 0 Å². The number of carbonyl (C=O) groups is 1. The molecule has 2 bridgehead atoms.